The Morgan fingerprint density at radius 1 is 1.17 bits per heavy atom. The first-order chi connectivity index (χ1) is 11.2. The summed E-state index contributed by atoms with van der Waals surface area (Å²) in [6.07, 6.45) is 6.03. The largest absolute Gasteiger partial charge is 0.494 e. The summed E-state index contributed by atoms with van der Waals surface area (Å²) >= 11 is 3.18. The Labute approximate surface area is 145 Å². The molecule has 0 spiro atoms. The number of ether oxygens (including phenoxy) is 1. The number of furan rings is 1. The van der Waals surface area contributed by atoms with Crippen LogP contribution in [0.1, 0.15) is 49.6 Å². The van der Waals surface area contributed by atoms with Crippen LogP contribution >= 0.6 is 15.9 Å². The van der Waals surface area contributed by atoms with Crippen LogP contribution in [0.2, 0.25) is 0 Å². The second-order valence-corrected chi connectivity index (χ2v) is 6.13. The van der Waals surface area contributed by atoms with Crippen molar-refractivity contribution in [1.29, 1.82) is 0 Å². The molecule has 2 rings (SSSR count). The Bertz CT molecular complexity index is 624. The molecular formula is C18H22BrNO3. The van der Waals surface area contributed by atoms with Crippen molar-refractivity contribution in [2.75, 3.05) is 11.9 Å². The van der Waals surface area contributed by atoms with Crippen LogP contribution in [0.15, 0.2) is 45.5 Å². The molecule has 0 atom stereocenters. The van der Waals surface area contributed by atoms with Crippen LogP contribution in [0.25, 0.3) is 0 Å². The van der Waals surface area contributed by atoms with E-state index in [1.54, 1.807) is 12.1 Å². The first-order valence-corrected chi connectivity index (χ1v) is 8.78. The maximum Gasteiger partial charge on any atom is 0.291 e. The summed E-state index contributed by atoms with van der Waals surface area (Å²) in [4.78, 5) is 12.0. The third-order valence-electron chi connectivity index (χ3n) is 3.41. The van der Waals surface area contributed by atoms with Gasteiger partial charge in [0, 0.05) is 11.8 Å². The Balaban J connectivity index is 1.81. The van der Waals surface area contributed by atoms with Crippen molar-refractivity contribution in [3.8, 4) is 5.75 Å². The van der Waals surface area contributed by atoms with Crippen molar-refractivity contribution < 1.29 is 13.9 Å². The molecule has 0 aliphatic carbocycles. The van der Waals surface area contributed by atoms with Gasteiger partial charge in [-0.25, -0.2) is 0 Å². The summed E-state index contributed by atoms with van der Waals surface area (Å²) in [6.45, 7) is 2.91. The first kappa shape index (κ1) is 17.6. The number of halogens is 1. The number of hydrogen-bond acceptors (Lipinski definition) is 3. The summed E-state index contributed by atoms with van der Waals surface area (Å²) in [5, 5.41) is 2.80. The molecule has 23 heavy (non-hydrogen) atoms. The van der Waals surface area contributed by atoms with E-state index >= 15 is 0 Å². The van der Waals surface area contributed by atoms with Gasteiger partial charge in [0.15, 0.2) is 10.4 Å². The van der Waals surface area contributed by atoms with Crippen LogP contribution in [0.4, 0.5) is 5.69 Å². The van der Waals surface area contributed by atoms with Crippen LogP contribution in [0.5, 0.6) is 5.75 Å². The fraction of sp³-hybridized carbons (Fsp3) is 0.389. The van der Waals surface area contributed by atoms with Gasteiger partial charge >= 0.3 is 0 Å². The second kappa shape index (κ2) is 9.40. The molecule has 1 aromatic carbocycles. The minimum Gasteiger partial charge on any atom is -0.494 e. The molecular weight excluding hydrogens is 358 g/mol. The third-order valence-corrected chi connectivity index (χ3v) is 3.83. The van der Waals surface area contributed by atoms with E-state index in [1.807, 2.05) is 24.3 Å². The predicted octanol–water partition coefficient (Wildman–Crippen LogP) is 5.64. The van der Waals surface area contributed by atoms with E-state index in [0.29, 0.717) is 17.0 Å². The van der Waals surface area contributed by atoms with Crippen molar-refractivity contribution in [1.82, 2.24) is 0 Å². The topological polar surface area (TPSA) is 51.5 Å². The maximum absolute atomic E-state index is 12.0. The Kier molecular flexibility index (Phi) is 7.20. The van der Waals surface area contributed by atoms with E-state index in [0.717, 1.165) is 12.2 Å². The maximum atomic E-state index is 12.0. The molecule has 124 valence electrons. The average molecular weight is 380 g/mol. The normalized spacial score (nSPS) is 10.5. The lowest BCUT2D eigenvalue weighted by atomic mass is 10.2. The van der Waals surface area contributed by atoms with Gasteiger partial charge in [0.05, 0.1) is 6.61 Å². The lowest BCUT2D eigenvalue weighted by molar-refractivity contribution is 0.0995. The Hall–Kier alpha value is -1.75. The standard InChI is InChI=1S/C18H22BrNO3/c1-2-3-4-5-6-12-22-15-9-7-8-14(13-15)20-18(21)16-10-11-17(19)23-16/h7-11,13H,2-6,12H2,1H3,(H,20,21). The van der Waals surface area contributed by atoms with Crippen LogP contribution in [-0.2, 0) is 0 Å². The van der Waals surface area contributed by atoms with Gasteiger partial charge in [-0.15, -0.1) is 0 Å². The Morgan fingerprint density at radius 2 is 2.00 bits per heavy atom. The van der Waals surface area contributed by atoms with Crippen molar-refractivity contribution in [3.63, 3.8) is 0 Å². The molecule has 0 bridgehead atoms. The van der Waals surface area contributed by atoms with Crippen LogP contribution in [-0.4, -0.2) is 12.5 Å². The number of carbonyl (C=O) groups excluding carboxylic acids is 1. The molecule has 5 heteroatoms. The molecule has 1 N–H and O–H groups in total. The molecule has 2 aromatic rings. The van der Waals surface area contributed by atoms with Gasteiger partial charge in [0.25, 0.3) is 5.91 Å². The van der Waals surface area contributed by atoms with E-state index in [4.69, 9.17) is 9.15 Å². The third kappa shape index (κ3) is 6.10. The molecule has 0 radical (unpaired) electrons. The summed E-state index contributed by atoms with van der Waals surface area (Å²) in [5.74, 6) is 0.741. The van der Waals surface area contributed by atoms with Gasteiger partial charge in [0.2, 0.25) is 0 Å². The van der Waals surface area contributed by atoms with Crippen LogP contribution < -0.4 is 10.1 Å². The van der Waals surface area contributed by atoms with Crippen molar-refractivity contribution in [3.05, 3.63) is 46.8 Å². The van der Waals surface area contributed by atoms with Gasteiger partial charge < -0.3 is 14.5 Å². The molecule has 0 aliphatic rings. The van der Waals surface area contributed by atoms with Crippen LogP contribution in [0, 0.1) is 0 Å². The van der Waals surface area contributed by atoms with E-state index in [2.05, 4.69) is 28.2 Å². The van der Waals surface area contributed by atoms with E-state index in [9.17, 15) is 4.79 Å². The second-order valence-electron chi connectivity index (χ2n) is 5.35. The lowest BCUT2D eigenvalue weighted by Gasteiger charge is -2.08. The van der Waals surface area contributed by atoms with Gasteiger partial charge in [-0.05, 0) is 46.6 Å². The highest BCUT2D eigenvalue weighted by molar-refractivity contribution is 9.10. The SMILES string of the molecule is CCCCCCCOc1cccc(NC(=O)c2ccc(Br)o2)c1. The smallest absolute Gasteiger partial charge is 0.291 e. The summed E-state index contributed by atoms with van der Waals surface area (Å²) in [6, 6.07) is 10.7. The summed E-state index contributed by atoms with van der Waals surface area (Å²) in [5.41, 5.74) is 0.686. The zero-order valence-electron chi connectivity index (χ0n) is 13.3. The van der Waals surface area contributed by atoms with E-state index < -0.39 is 0 Å². The minimum atomic E-state index is -0.285. The number of amides is 1. The number of unbranched alkanes of at least 4 members (excludes halogenated alkanes) is 4. The average Bonchev–Trinajstić information content (AvgIpc) is 2.98. The summed E-state index contributed by atoms with van der Waals surface area (Å²) < 4.78 is 11.5. The number of hydrogen-bond donors (Lipinski definition) is 1. The summed E-state index contributed by atoms with van der Waals surface area (Å²) in [7, 11) is 0. The molecule has 0 saturated carbocycles. The van der Waals surface area contributed by atoms with Gasteiger partial charge in [-0.1, -0.05) is 38.7 Å². The van der Waals surface area contributed by atoms with Crippen molar-refractivity contribution >= 4 is 27.5 Å². The molecule has 0 aliphatic heterocycles. The quantitative estimate of drug-likeness (QED) is 0.573. The fourth-order valence-corrected chi connectivity index (χ4v) is 2.49. The first-order valence-electron chi connectivity index (χ1n) is 7.98. The molecule has 0 unspecified atom stereocenters. The molecule has 1 amide bonds. The Morgan fingerprint density at radius 3 is 2.74 bits per heavy atom. The lowest BCUT2D eigenvalue weighted by Crippen LogP contribution is -2.10. The number of anilines is 1. The van der Waals surface area contributed by atoms with E-state index in [-0.39, 0.29) is 11.7 Å². The molecule has 0 fully saturated rings. The van der Waals surface area contributed by atoms with Crippen molar-refractivity contribution in [2.45, 2.75) is 39.0 Å². The molecule has 0 saturated heterocycles. The predicted molar refractivity (Wildman–Crippen MR) is 95.1 cm³/mol. The monoisotopic (exact) mass is 379 g/mol. The number of carbonyl (C=O) groups is 1. The highest BCUT2D eigenvalue weighted by Gasteiger charge is 2.10. The molecule has 4 nitrogen and oxygen atoms in total. The zero-order chi connectivity index (χ0) is 16.5. The van der Waals surface area contributed by atoms with Crippen LogP contribution in [0.3, 0.4) is 0 Å². The highest BCUT2D eigenvalue weighted by Crippen LogP contribution is 2.20. The highest BCUT2D eigenvalue weighted by atomic mass is 79.9. The fourth-order valence-electron chi connectivity index (χ4n) is 2.19. The number of benzene rings is 1. The number of nitrogens with one attached hydrogen (secondary N) is 1. The minimum absolute atomic E-state index is 0.263. The molecule has 1 aromatic heterocycles. The van der Waals surface area contributed by atoms with Gasteiger partial charge in [-0.2, -0.15) is 0 Å². The van der Waals surface area contributed by atoms with E-state index in [1.165, 1.54) is 25.7 Å². The van der Waals surface area contributed by atoms with Gasteiger partial charge in [0.1, 0.15) is 5.75 Å². The number of rotatable bonds is 9. The molecule has 1 heterocycles. The zero-order valence-corrected chi connectivity index (χ0v) is 14.9. The van der Waals surface area contributed by atoms with Gasteiger partial charge in [-0.3, -0.25) is 4.79 Å². The van der Waals surface area contributed by atoms with Crippen molar-refractivity contribution in [2.24, 2.45) is 0 Å².